The minimum absolute atomic E-state index is 0.815. The van der Waals surface area contributed by atoms with Crippen LogP contribution in [0.3, 0.4) is 0 Å². The quantitative estimate of drug-likeness (QED) is 0.597. The van der Waals surface area contributed by atoms with Crippen molar-refractivity contribution in [2.45, 2.75) is 46.5 Å². The highest BCUT2D eigenvalue weighted by Gasteiger charge is 2.27. The van der Waals surface area contributed by atoms with Gasteiger partial charge in [-0.15, -0.1) is 0 Å². The van der Waals surface area contributed by atoms with Gasteiger partial charge in [0.05, 0.1) is 11.1 Å². The Balaban J connectivity index is 2.62. The second-order valence-electron chi connectivity index (χ2n) is 3.22. The third-order valence-corrected chi connectivity index (χ3v) is 2.14. The molecule has 0 heterocycles. The van der Waals surface area contributed by atoms with E-state index in [1.807, 2.05) is 0 Å². The molecule has 0 aliphatic heterocycles. The van der Waals surface area contributed by atoms with Gasteiger partial charge in [0.1, 0.15) is 0 Å². The maximum atomic E-state index is 5.53. The van der Waals surface area contributed by atoms with Crippen LogP contribution in [0.15, 0.2) is 4.42 Å². The summed E-state index contributed by atoms with van der Waals surface area (Å²) in [6.07, 6.45) is 4.90. The molecule has 0 N–H and O–H groups in total. The number of hydrogen-bond acceptors (Lipinski definition) is 0. The van der Waals surface area contributed by atoms with Crippen LogP contribution in [0, 0.1) is 0 Å². The van der Waals surface area contributed by atoms with Gasteiger partial charge in [0, 0.05) is 6.92 Å². The van der Waals surface area contributed by atoms with Crippen molar-refractivity contribution in [3.63, 3.8) is 0 Å². The van der Waals surface area contributed by atoms with E-state index in [1.54, 1.807) is 0 Å². The van der Waals surface area contributed by atoms with Crippen molar-refractivity contribution in [1.82, 2.24) is 0 Å². The van der Waals surface area contributed by atoms with E-state index in [9.17, 15) is 0 Å². The van der Waals surface area contributed by atoms with Crippen molar-refractivity contribution in [3.8, 4) is 0 Å². The first-order valence-electron chi connectivity index (χ1n) is 5.07. The Morgan fingerprint density at radius 1 is 0.917 bits per heavy atom. The molecule has 0 aliphatic rings. The van der Waals surface area contributed by atoms with Crippen LogP contribution in [0.25, 0.3) is 0 Å². The largest absolute Gasteiger partial charge is 0.351 e. The van der Waals surface area contributed by atoms with Gasteiger partial charge >= 0.3 is 5.43 Å². The van der Waals surface area contributed by atoms with Crippen LogP contribution in [0.1, 0.15) is 44.7 Å². The molecule has 1 aromatic rings. The van der Waals surface area contributed by atoms with Crippen LogP contribution in [0.2, 0.25) is 0 Å². The SMILES string of the molecule is CCCc1c(CCC)c1=[O+]CC. The predicted octanol–water partition coefficient (Wildman–Crippen LogP) is 2.38. The van der Waals surface area contributed by atoms with Crippen molar-refractivity contribution < 1.29 is 0 Å². The van der Waals surface area contributed by atoms with Gasteiger partial charge in [0.2, 0.25) is 0 Å². The minimum Gasteiger partial charge on any atom is -0.254 e. The highest BCUT2D eigenvalue weighted by atomic mass is 16.4. The second-order valence-corrected chi connectivity index (χ2v) is 3.22. The zero-order chi connectivity index (χ0) is 8.97. The molecular formula is C11H19O+. The van der Waals surface area contributed by atoms with E-state index in [0.717, 1.165) is 6.61 Å². The normalized spacial score (nSPS) is 10.9. The third kappa shape index (κ3) is 1.96. The molecule has 0 aliphatic carbocycles. The first-order chi connectivity index (χ1) is 5.85. The van der Waals surface area contributed by atoms with Crippen molar-refractivity contribution in [2.75, 3.05) is 6.61 Å². The lowest BCUT2D eigenvalue weighted by Gasteiger charge is -1.81. The highest BCUT2D eigenvalue weighted by Crippen LogP contribution is 2.14. The van der Waals surface area contributed by atoms with E-state index in [1.165, 1.54) is 42.2 Å². The molecule has 0 atom stereocenters. The molecule has 0 radical (unpaired) electrons. The fraction of sp³-hybridized carbons (Fsp3) is 0.727. The molecule has 0 saturated carbocycles. The van der Waals surface area contributed by atoms with Crippen LogP contribution in [-0.4, -0.2) is 6.61 Å². The van der Waals surface area contributed by atoms with Crippen LogP contribution in [-0.2, 0) is 12.8 Å². The van der Waals surface area contributed by atoms with Gasteiger partial charge in [-0.2, -0.15) is 0 Å². The summed E-state index contributed by atoms with van der Waals surface area (Å²) in [7, 11) is 0. The summed E-state index contributed by atoms with van der Waals surface area (Å²) in [5.41, 5.74) is 4.27. The zero-order valence-electron chi connectivity index (χ0n) is 8.44. The summed E-state index contributed by atoms with van der Waals surface area (Å²) in [5.74, 6) is 0. The maximum absolute atomic E-state index is 5.53. The van der Waals surface area contributed by atoms with Crippen LogP contribution < -0.4 is 5.43 Å². The molecule has 12 heavy (non-hydrogen) atoms. The standard InChI is InChI=1S/C11H19O/c1-4-7-9-10(8-5-2)11(9)12-6-3/h4-8H2,1-3H3/q+1. The molecule has 1 heteroatoms. The monoisotopic (exact) mass is 167 g/mol. The summed E-state index contributed by atoms with van der Waals surface area (Å²) >= 11 is 0. The molecule has 0 aromatic heterocycles. The van der Waals surface area contributed by atoms with Crippen LogP contribution in [0.5, 0.6) is 0 Å². The molecule has 1 aromatic carbocycles. The van der Waals surface area contributed by atoms with Gasteiger partial charge in [0.25, 0.3) is 6.61 Å². The lowest BCUT2D eigenvalue weighted by Crippen LogP contribution is -1.89. The van der Waals surface area contributed by atoms with E-state index in [2.05, 4.69) is 20.8 Å². The molecule has 68 valence electrons. The highest BCUT2D eigenvalue weighted by molar-refractivity contribution is 5.40. The Hall–Kier alpha value is -0.590. The summed E-state index contributed by atoms with van der Waals surface area (Å²) in [6, 6.07) is 0. The minimum atomic E-state index is 0.815. The third-order valence-electron chi connectivity index (χ3n) is 2.14. The molecule has 0 bridgehead atoms. The van der Waals surface area contributed by atoms with Crippen LogP contribution >= 0.6 is 0 Å². The topological polar surface area (TPSA) is 11.3 Å². The van der Waals surface area contributed by atoms with E-state index < -0.39 is 0 Å². The van der Waals surface area contributed by atoms with Crippen molar-refractivity contribution in [2.24, 2.45) is 0 Å². The Kier molecular flexibility index (Phi) is 3.51. The zero-order valence-corrected chi connectivity index (χ0v) is 8.44. The molecule has 0 saturated heterocycles. The van der Waals surface area contributed by atoms with Gasteiger partial charge < -0.3 is 0 Å². The number of rotatable bonds is 5. The molecule has 1 rings (SSSR count). The molecule has 0 fully saturated rings. The lowest BCUT2D eigenvalue weighted by atomic mass is 10.2. The Morgan fingerprint density at radius 3 is 1.75 bits per heavy atom. The molecule has 0 spiro atoms. The predicted molar refractivity (Wildman–Crippen MR) is 53.6 cm³/mol. The fourth-order valence-electron chi connectivity index (χ4n) is 1.60. The van der Waals surface area contributed by atoms with E-state index in [4.69, 9.17) is 4.42 Å². The van der Waals surface area contributed by atoms with E-state index in [-0.39, 0.29) is 0 Å². The van der Waals surface area contributed by atoms with Crippen LogP contribution in [0.4, 0.5) is 0 Å². The maximum Gasteiger partial charge on any atom is 0.351 e. The van der Waals surface area contributed by atoms with Crippen molar-refractivity contribution in [3.05, 3.63) is 21.0 Å². The first-order valence-corrected chi connectivity index (χ1v) is 5.07. The van der Waals surface area contributed by atoms with Gasteiger partial charge in [-0.05, 0) is 12.8 Å². The van der Waals surface area contributed by atoms with Gasteiger partial charge in [-0.3, -0.25) is 4.42 Å². The number of hydrogen-bond donors (Lipinski definition) is 0. The summed E-state index contributed by atoms with van der Waals surface area (Å²) in [6.45, 7) is 7.31. The average molecular weight is 167 g/mol. The molecule has 0 unspecified atom stereocenters. The van der Waals surface area contributed by atoms with Gasteiger partial charge in [0.15, 0.2) is 0 Å². The van der Waals surface area contributed by atoms with E-state index in [0.29, 0.717) is 0 Å². The second kappa shape index (κ2) is 4.44. The summed E-state index contributed by atoms with van der Waals surface area (Å²) < 4.78 is 5.53. The molecule has 0 amide bonds. The van der Waals surface area contributed by atoms with Gasteiger partial charge in [-0.1, -0.05) is 26.7 Å². The Bertz CT molecular complexity index is 230. The first kappa shape index (κ1) is 9.50. The summed E-state index contributed by atoms with van der Waals surface area (Å²) in [4.78, 5) is 0. The Morgan fingerprint density at radius 2 is 1.42 bits per heavy atom. The van der Waals surface area contributed by atoms with E-state index >= 15 is 0 Å². The fourth-order valence-corrected chi connectivity index (χ4v) is 1.60. The average Bonchev–Trinajstić information content (AvgIpc) is 2.67. The lowest BCUT2D eigenvalue weighted by molar-refractivity contribution is 0.904. The van der Waals surface area contributed by atoms with Crippen molar-refractivity contribution in [1.29, 1.82) is 0 Å². The Labute approximate surface area is 74.8 Å². The smallest absolute Gasteiger partial charge is 0.254 e. The molecule has 1 nitrogen and oxygen atoms in total. The van der Waals surface area contributed by atoms with Crippen molar-refractivity contribution >= 4 is 0 Å². The summed E-state index contributed by atoms with van der Waals surface area (Å²) in [5, 5.41) is 0. The molecular weight excluding hydrogens is 148 g/mol. The van der Waals surface area contributed by atoms with Gasteiger partial charge in [-0.25, -0.2) is 0 Å².